The highest BCUT2D eigenvalue weighted by Crippen LogP contribution is 2.30. The molecule has 0 spiro atoms. The molecule has 0 aliphatic carbocycles. The highest BCUT2D eigenvalue weighted by molar-refractivity contribution is 6.04. The monoisotopic (exact) mass is 420 g/mol. The molecule has 3 N–H and O–H groups in total. The van der Waals surface area contributed by atoms with E-state index in [9.17, 15) is 22.8 Å². The normalized spacial score (nSPS) is 11.5. The molecule has 0 atom stereocenters. The van der Waals surface area contributed by atoms with E-state index >= 15 is 0 Å². The first-order valence-corrected chi connectivity index (χ1v) is 9.03. The summed E-state index contributed by atoms with van der Waals surface area (Å²) in [5.41, 5.74) is 6.38. The molecular formula is C20H19F3N4O3. The van der Waals surface area contributed by atoms with Gasteiger partial charge >= 0.3 is 12.1 Å². The fraction of sp³-hybridized carbons (Fsp3) is 0.250. The fourth-order valence-corrected chi connectivity index (χ4v) is 2.92. The Morgan fingerprint density at radius 2 is 1.97 bits per heavy atom. The zero-order valence-corrected chi connectivity index (χ0v) is 16.0. The van der Waals surface area contributed by atoms with Crippen LogP contribution in [0.15, 0.2) is 42.5 Å². The van der Waals surface area contributed by atoms with Crippen LogP contribution in [0, 0.1) is 0 Å². The number of nitrogens with two attached hydrogens (primary N) is 1. The summed E-state index contributed by atoms with van der Waals surface area (Å²) in [6.45, 7) is 1.83. The van der Waals surface area contributed by atoms with Crippen LogP contribution in [0.5, 0.6) is 0 Å². The SMILES string of the molecule is CC(=O)OCCCn1c(NC(=O)c2cccc(C(F)(F)F)c2)nc2cc(N)ccc21. The largest absolute Gasteiger partial charge is 0.466 e. The molecule has 1 aromatic heterocycles. The lowest BCUT2D eigenvalue weighted by atomic mass is 10.1. The highest BCUT2D eigenvalue weighted by atomic mass is 19.4. The molecule has 0 radical (unpaired) electrons. The second kappa shape index (κ2) is 8.44. The van der Waals surface area contributed by atoms with Crippen LogP contribution in [0.4, 0.5) is 24.8 Å². The molecule has 3 rings (SSSR count). The molecule has 2 aromatic carbocycles. The van der Waals surface area contributed by atoms with Crippen molar-refractivity contribution in [3.8, 4) is 0 Å². The maximum absolute atomic E-state index is 12.9. The molecule has 1 heterocycles. The molecule has 7 nitrogen and oxygen atoms in total. The van der Waals surface area contributed by atoms with Gasteiger partial charge in [-0.15, -0.1) is 0 Å². The second-order valence-electron chi connectivity index (χ2n) is 6.56. The first-order chi connectivity index (χ1) is 14.1. The Kier molecular flexibility index (Phi) is 5.95. The van der Waals surface area contributed by atoms with Crippen molar-refractivity contribution >= 4 is 34.5 Å². The van der Waals surface area contributed by atoms with Crippen molar-refractivity contribution in [2.24, 2.45) is 0 Å². The van der Waals surface area contributed by atoms with Crippen molar-refractivity contribution in [3.05, 3.63) is 53.6 Å². The third kappa shape index (κ3) is 4.88. The molecule has 0 saturated carbocycles. The van der Waals surface area contributed by atoms with Crippen LogP contribution in [-0.4, -0.2) is 28.0 Å². The summed E-state index contributed by atoms with van der Waals surface area (Å²) in [5.74, 6) is -0.984. The van der Waals surface area contributed by atoms with Gasteiger partial charge < -0.3 is 15.0 Å². The van der Waals surface area contributed by atoms with Crippen LogP contribution < -0.4 is 11.1 Å². The van der Waals surface area contributed by atoms with E-state index in [0.717, 1.165) is 12.1 Å². The van der Waals surface area contributed by atoms with Crippen LogP contribution in [0.25, 0.3) is 11.0 Å². The molecule has 158 valence electrons. The third-order valence-corrected chi connectivity index (χ3v) is 4.28. The van der Waals surface area contributed by atoms with Crippen LogP contribution in [0.3, 0.4) is 0 Å². The number of anilines is 2. The van der Waals surface area contributed by atoms with Gasteiger partial charge in [-0.2, -0.15) is 13.2 Å². The molecule has 3 aromatic rings. The van der Waals surface area contributed by atoms with E-state index < -0.39 is 23.6 Å². The molecule has 0 fully saturated rings. The maximum Gasteiger partial charge on any atom is 0.416 e. The average Bonchev–Trinajstić information content (AvgIpc) is 3.00. The summed E-state index contributed by atoms with van der Waals surface area (Å²) in [4.78, 5) is 27.9. The number of rotatable bonds is 6. The van der Waals surface area contributed by atoms with E-state index in [4.69, 9.17) is 10.5 Å². The Labute approximate surface area is 169 Å². The second-order valence-corrected chi connectivity index (χ2v) is 6.56. The summed E-state index contributed by atoms with van der Waals surface area (Å²) >= 11 is 0. The number of amides is 1. The number of esters is 1. The van der Waals surface area contributed by atoms with E-state index in [-0.39, 0.29) is 18.1 Å². The molecule has 30 heavy (non-hydrogen) atoms. The number of nitrogen functional groups attached to an aromatic ring is 1. The Bertz CT molecular complexity index is 1090. The average molecular weight is 420 g/mol. The maximum atomic E-state index is 12.9. The number of hydrogen-bond acceptors (Lipinski definition) is 5. The van der Waals surface area contributed by atoms with E-state index in [2.05, 4.69) is 10.3 Å². The Morgan fingerprint density at radius 3 is 2.67 bits per heavy atom. The zero-order valence-electron chi connectivity index (χ0n) is 16.0. The predicted molar refractivity (Wildman–Crippen MR) is 105 cm³/mol. The van der Waals surface area contributed by atoms with Gasteiger partial charge in [-0.3, -0.25) is 14.9 Å². The summed E-state index contributed by atoms with van der Waals surface area (Å²) in [5, 5.41) is 2.56. The van der Waals surface area contributed by atoms with Crippen LogP contribution in [-0.2, 0) is 22.3 Å². The number of aromatic nitrogens is 2. The molecule has 10 heteroatoms. The van der Waals surface area contributed by atoms with Gasteiger partial charge in [0.25, 0.3) is 5.91 Å². The Balaban J connectivity index is 1.88. The lowest BCUT2D eigenvalue weighted by Crippen LogP contribution is -2.17. The van der Waals surface area contributed by atoms with E-state index in [0.29, 0.717) is 29.7 Å². The standard InChI is InChI=1S/C20H19F3N4O3/c1-12(28)30-9-3-8-27-17-7-6-15(24)11-16(17)25-19(27)26-18(29)13-4-2-5-14(10-13)20(21,22)23/h2,4-7,10-11H,3,8-9,24H2,1H3,(H,25,26,29). The number of carbonyl (C=O) groups is 2. The molecule has 0 aliphatic heterocycles. The van der Waals surface area contributed by atoms with Crippen molar-refractivity contribution in [1.82, 2.24) is 9.55 Å². The topological polar surface area (TPSA) is 99.2 Å². The predicted octanol–water partition coefficient (Wildman–Crippen LogP) is 3.84. The molecule has 0 bridgehead atoms. The van der Waals surface area contributed by atoms with Crippen molar-refractivity contribution in [1.29, 1.82) is 0 Å². The summed E-state index contributed by atoms with van der Waals surface area (Å²) in [7, 11) is 0. The van der Waals surface area contributed by atoms with Gasteiger partial charge in [0.1, 0.15) is 0 Å². The number of alkyl halides is 3. The number of nitrogens with zero attached hydrogens (tertiary/aromatic N) is 2. The van der Waals surface area contributed by atoms with Gasteiger partial charge in [0.2, 0.25) is 5.95 Å². The molecule has 0 saturated heterocycles. The van der Waals surface area contributed by atoms with E-state index in [1.807, 2.05) is 0 Å². The minimum atomic E-state index is -4.56. The first kappa shape index (κ1) is 21.2. The fourth-order valence-electron chi connectivity index (χ4n) is 2.92. The number of nitrogens with one attached hydrogen (secondary N) is 1. The van der Waals surface area contributed by atoms with Gasteiger partial charge in [0.15, 0.2) is 0 Å². The van der Waals surface area contributed by atoms with Crippen molar-refractivity contribution in [2.45, 2.75) is 26.1 Å². The number of aryl methyl sites for hydroxylation is 1. The number of imidazole rings is 1. The first-order valence-electron chi connectivity index (χ1n) is 9.03. The number of fused-ring (bicyclic) bond motifs is 1. The van der Waals surface area contributed by atoms with Crippen molar-refractivity contribution in [2.75, 3.05) is 17.7 Å². The lowest BCUT2D eigenvalue weighted by molar-refractivity contribution is -0.141. The summed E-state index contributed by atoms with van der Waals surface area (Å²) < 4.78 is 45.4. The van der Waals surface area contributed by atoms with Gasteiger partial charge in [-0.25, -0.2) is 4.98 Å². The van der Waals surface area contributed by atoms with Crippen molar-refractivity contribution in [3.63, 3.8) is 0 Å². The number of ether oxygens (including phenoxy) is 1. The van der Waals surface area contributed by atoms with Crippen LogP contribution in [0.2, 0.25) is 0 Å². The van der Waals surface area contributed by atoms with Gasteiger partial charge in [-0.1, -0.05) is 6.07 Å². The highest BCUT2D eigenvalue weighted by Gasteiger charge is 2.31. The molecule has 1 amide bonds. The number of halogens is 3. The zero-order chi connectivity index (χ0) is 21.9. The summed E-state index contributed by atoms with van der Waals surface area (Å²) in [6.07, 6.45) is -4.11. The third-order valence-electron chi connectivity index (χ3n) is 4.28. The van der Waals surface area contributed by atoms with Gasteiger partial charge in [0, 0.05) is 24.7 Å². The number of hydrogen-bond donors (Lipinski definition) is 2. The Hall–Kier alpha value is -3.56. The Morgan fingerprint density at radius 1 is 1.20 bits per heavy atom. The minimum Gasteiger partial charge on any atom is -0.466 e. The molecular weight excluding hydrogens is 401 g/mol. The molecule has 0 unspecified atom stereocenters. The number of benzene rings is 2. The van der Waals surface area contributed by atoms with E-state index in [1.54, 1.807) is 22.8 Å². The molecule has 0 aliphatic rings. The van der Waals surface area contributed by atoms with Crippen LogP contribution in [0.1, 0.15) is 29.3 Å². The van der Waals surface area contributed by atoms with Crippen LogP contribution >= 0.6 is 0 Å². The van der Waals surface area contributed by atoms with Gasteiger partial charge in [-0.05, 0) is 42.8 Å². The van der Waals surface area contributed by atoms with Gasteiger partial charge in [0.05, 0.1) is 23.2 Å². The van der Waals surface area contributed by atoms with Crippen molar-refractivity contribution < 1.29 is 27.5 Å². The lowest BCUT2D eigenvalue weighted by Gasteiger charge is -2.11. The number of carbonyl (C=O) groups excluding carboxylic acids is 2. The summed E-state index contributed by atoms with van der Waals surface area (Å²) in [6, 6.07) is 9.15. The quantitative estimate of drug-likeness (QED) is 0.359. The smallest absolute Gasteiger partial charge is 0.416 e. The minimum absolute atomic E-state index is 0.150. The van der Waals surface area contributed by atoms with E-state index in [1.165, 1.54) is 19.1 Å².